The molecule has 1 aromatic rings. The molecule has 0 atom stereocenters. The van der Waals surface area contributed by atoms with Crippen molar-refractivity contribution in [2.24, 2.45) is 0 Å². The van der Waals surface area contributed by atoms with Crippen molar-refractivity contribution in [3.8, 4) is 0 Å². The molecule has 0 aromatic carbocycles. The van der Waals surface area contributed by atoms with Gasteiger partial charge in [0.15, 0.2) is 0 Å². The molecular weight excluding hydrogens is 220 g/mol. The average molecular weight is 236 g/mol. The Balaban J connectivity index is 2.23. The molecule has 2 heterocycles. The third kappa shape index (κ3) is 2.83. The summed E-state index contributed by atoms with van der Waals surface area (Å²) in [4.78, 5) is 31.7. The van der Waals surface area contributed by atoms with Crippen LogP contribution in [-0.4, -0.2) is 35.5 Å². The van der Waals surface area contributed by atoms with Crippen molar-refractivity contribution in [3.63, 3.8) is 0 Å². The second-order valence-electron chi connectivity index (χ2n) is 3.99. The maximum absolute atomic E-state index is 11.5. The van der Waals surface area contributed by atoms with Gasteiger partial charge in [-0.3, -0.25) is 9.59 Å². The van der Waals surface area contributed by atoms with Gasteiger partial charge in [-0.15, -0.1) is 0 Å². The number of hydrogen-bond donors (Lipinski definition) is 2. The summed E-state index contributed by atoms with van der Waals surface area (Å²) in [6.45, 7) is 3.82. The number of nitrogens with one attached hydrogen (secondary N) is 2. The van der Waals surface area contributed by atoms with Crippen LogP contribution in [0.5, 0.6) is 0 Å². The second-order valence-corrected chi connectivity index (χ2v) is 3.99. The first-order valence-corrected chi connectivity index (χ1v) is 5.81. The van der Waals surface area contributed by atoms with E-state index in [1.54, 1.807) is 0 Å². The molecule has 0 unspecified atom stereocenters. The van der Waals surface area contributed by atoms with Gasteiger partial charge < -0.3 is 15.2 Å². The molecule has 1 aliphatic rings. The van der Waals surface area contributed by atoms with E-state index in [9.17, 15) is 9.59 Å². The smallest absolute Gasteiger partial charge is 0.252 e. The van der Waals surface area contributed by atoms with Gasteiger partial charge in [0.25, 0.3) is 5.56 Å². The normalized spacial score (nSPS) is 16.5. The zero-order valence-electron chi connectivity index (χ0n) is 9.82. The Kier molecular flexibility index (Phi) is 3.41. The molecule has 17 heavy (non-hydrogen) atoms. The van der Waals surface area contributed by atoms with Gasteiger partial charge in [0.2, 0.25) is 5.91 Å². The van der Waals surface area contributed by atoms with Crippen molar-refractivity contribution in [3.05, 3.63) is 22.2 Å². The molecule has 6 heteroatoms. The van der Waals surface area contributed by atoms with Crippen LogP contribution in [0, 0.1) is 0 Å². The lowest BCUT2D eigenvalue weighted by molar-refractivity contribution is -0.120. The summed E-state index contributed by atoms with van der Waals surface area (Å²) in [5.41, 5.74) is -0.143. The molecule has 2 rings (SSSR count). The van der Waals surface area contributed by atoms with E-state index in [4.69, 9.17) is 0 Å². The van der Waals surface area contributed by atoms with Crippen LogP contribution < -0.4 is 15.8 Å². The van der Waals surface area contributed by atoms with Gasteiger partial charge in [-0.1, -0.05) is 6.92 Å². The monoisotopic (exact) mass is 236 g/mol. The average Bonchev–Trinajstić information content (AvgIpc) is 2.53. The summed E-state index contributed by atoms with van der Waals surface area (Å²) in [6, 6.07) is 1.48. The lowest BCUT2D eigenvalue weighted by Gasteiger charge is -2.20. The van der Waals surface area contributed by atoms with Crippen LogP contribution in [0.1, 0.15) is 19.2 Å². The van der Waals surface area contributed by atoms with E-state index in [2.05, 4.69) is 15.3 Å². The molecule has 0 saturated carbocycles. The molecule has 1 aliphatic heterocycles. The third-order valence-corrected chi connectivity index (χ3v) is 2.75. The summed E-state index contributed by atoms with van der Waals surface area (Å²) in [7, 11) is 0. The van der Waals surface area contributed by atoms with Gasteiger partial charge in [0.1, 0.15) is 11.6 Å². The fourth-order valence-corrected chi connectivity index (χ4v) is 1.82. The maximum atomic E-state index is 11.5. The second kappa shape index (κ2) is 4.99. The van der Waals surface area contributed by atoms with Crippen molar-refractivity contribution in [1.29, 1.82) is 0 Å². The zero-order chi connectivity index (χ0) is 12.3. The van der Waals surface area contributed by atoms with Crippen LogP contribution in [0.25, 0.3) is 0 Å². The minimum absolute atomic E-state index is 0.0491. The summed E-state index contributed by atoms with van der Waals surface area (Å²) >= 11 is 0. The molecule has 1 amide bonds. The molecule has 1 saturated heterocycles. The highest BCUT2D eigenvalue weighted by Gasteiger charge is 2.15. The predicted molar refractivity (Wildman–Crippen MR) is 64.1 cm³/mol. The molecular formula is C11H16N4O2. The van der Waals surface area contributed by atoms with Crippen molar-refractivity contribution < 1.29 is 4.79 Å². The van der Waals surface area contributed by atoms with Crippen LogP contribution in [0.15, 0.2) is 10.9 Å². The molecule has 0 spiro atoms. The number of hydrogen-bond acceptors (Lipinski definition) is 4. The number of anilines is 1. The number of amides is 1. The number of aromatic amines is 1. The molecule has 1 aromatic heterocycles. The van der Waals surface area contributed by atoms with Gasteiger partial charge in [0, 0.05) is 38.5 Å². The first-order chi connectivity index (χ1) is 8.19. The quantitative estimate of drug-likeness (QED) is 0.736. The van der Waals surface area contributed by atoms with Gasteiger partial charge in [0.05, 0.1) is 0 Å². The minimum Gasteiger partial charge on any atom is -0.354 e. The Morgan fingerprint density at radius 3 is 3.00 bits per heavy atom. The first-order valence-electron chi connectivity index (χ1n) is 5.81. The van der Waals surface area contributed by atoms with E-state index in [1.807, 2.05) is 11.8 Å². The number of aryl methyl sites for hydroxylation is 1. The third-order valence-electron chi connectivity index (χ3n) is 2.75. The van der Waals surface area contributed by atoms with Crippen molar-refractivity contribution in [2.75, 3.05) is 24.5 Å². The van der Waals surface area contributed by atoms with Crippen molar-refractivity contribution in [2.45, 2.75) is 19.8 Å². The van der Waals surface area contributed by atoms with E-state index >= 15 is 0 Å². The van der Waals surface area contributed by atoms with Crippen LogP contribution in [0.3, 0.4) is 0 Å². The number of carbonyl (C=O) groups is 1. The lowest BCUT2D eigenvalue weighted by Crippen LogP contribution is -2.30. The number of H-pyrrole nitrogens is 1. The zero-order valence-corrected chi connectivity index (χ0v) is 9.82. The minimum atomic E-state index is -0.143. The van der Waals surface area contributed by atoms with Crippen LogP contribution in [-0.2, 0) is 11.2 Å². The van der Waals surface area contributed by atoms with E-state index in [0.29, 0.717) is 44.1 Å². The maximum Gasteiger partial charge on any atom is 0.252 e. The molecule has 6 nitrogen and oxygen atoms in total. The summed E-state index contributed by atoms with van der Waals surface area (Å²) in [5.74, 6) is 1.38. The lowest BCUT2D eigenvalue weighted by atomic mass is 10.3. The Morgan fingerprint density at radius 2 is 2.24 bits per heavy atom. The van der Waals surface area contributed by atoms with Crippen LogP contribution in [0.4, 0.5) is 5.82 Å². The fourth-order valence-electron chi connectivity index (χ4n) is 1.82. The highest BCUT2D eigenvalue weighted by molar-refractivity contribution is 5.77. The Bertz CT molecular complexity index is 469. The van der Waals surface area contributed by atoms with E-state index in [-0.39, 0.29) is 11.5 Å². The summed E-state index contributed by atoms with van der Waals surface area (Å²) in [5, 5.41) is 2.79. The van der Waals surface area contributed by atoms with Crippen molar-refractivity contribution in [1.82, 2.24) is 15.3 Å². The standard InChI is InChI=1S/C11H16N4O2/c1-2-8-13-9(7-11(17)14-8)15-5-3-10(16)12-4-6-15/h7H,2-6H2,1H3,(H,12,16)(H,13,14,17). The molecule has 0 bridgehead atoms. The number of aromatic nitrogens is 2. The van der Waals surface area contributed by atoms with Gasteiger partial charge in [-0.2, -0.15) is 0 Å². The van der Waals surface area contributed by atoms with Crippen LogP contribution >= 0.6 is 0 Å². The SMILES string of the molecule is CCc1nc(N2CCNC(=O)CC2)cc(=O)[nH]1. The van der Waals surface area contributed by atoms with E-state index in [0.717, 1.165) is 0 Å². The Hall–Kier alpha value is -1.85. The Morgan fingerprint density at radius 1 is 1.41 bits per heavy atom. The van der Waals surface area contributed by atoms with Gasteiger partial charge in [-0.05, 0) is 0 Å². The molecule has 0 aliphatic carbocycles. The van der Waals surface area contributed by atoms with E-state index < -0.39 is 0 Å². The first kappa shape index (κ1) is 11.6. The fraction of sp³-hybridized carbons (Fsp3) is 0.545. The molecule has 2 N–H and O–H groups in total. The molecule has 1 fully saturated rings. The highest BCUT2D eigenvalue weighted by atomic mass is 16.1. The predicted octanol–water partition coefficient (Wildman–Crippen LogP) is -0.341. The van der Waals surface area contributed by atoms with E-state index in [1.165, 1.54) is 6.07 Å². The Labute approximate surface area is 99.1 Å². The largest absolute Gasteiger partial charge is 0.354 e. The number of nitrogens with zero attached hydrogens (tertiary/aromatic N) is 2. The van der Waals surface area contributed by atoms with Gasteiger partial charge >= 0.3 is 0 Å². The summed E-state index contributed by atoms with van der Waals surface area (Å²) in [6.07, 6.45) is 1.13. The summed E-state index contributed by atoms with van der Waals surface area (Å²) < 4.78 is 0. The number of carbonyl (C=O) groups excluding carboxylic acids is 1. The topological polar surface area (TPSA) is 78.1 Å². The van der Waals surface area contributed by atoms with Crippen LogP contribution in [0.2, 0.25) is 0 Å². The van der Waals surface area contributed by atoms with Crippen molar-refractivity contribution >= 4 is 11.7 Å². The number of rotatable bonds is 2. The molecule has 92 valence electrons. The molecule has 0 radical (unpaired) electrons. The highest BCUT2D eigenvalue weighted by Crippen LogP contribution is 2.09. The van der Waals surface area contributed by atoms with Gasteiger partial charge in [-0.25, -0.2) is 4.98 Å².